The van der Waals surface area contributed by atoms with Crippen LogP contribution in [0, 0.1) is 6.92 Å². The highest BCUT2D eigenvalue weighted by Gasteiger charge is 2.43. The summed E-state index contributed by atoms with van der Waals surface area (Å²) < 4.78 is 1.29. The summed E-state index contributed by atoms with van der Waals surface area (Å²) in [5.74, 6) is -1.18. The van der Waals surface area contributed by atoms with Crippen molar-refractivity contribution in [2.45, 2.75) is 32.6 Å². The molecule has 8 nitrogen and oxygen atoms in total. The minimum Gasteiger partial charge on any atom is -0.322 e. The zero-order chi connectivity index (χ0) is 21.7. The fourth-order valence-corrected chi connectivity index (χ4v) is 4.17. The third kappa shape index (κ3) is 2.99. The van der Waals surface area contributed by atoms with E-state index in [9.17, 15) is 14.4 Å². The molecule has 1 atom stereocenters. The second-order valence-corrected chi connectivity index (χ2v) is 7.71. The molecule has 0 saturated carbocycles. The molecule has 4 aromatic rings. The first kappa shape index (κ1) is 19.0. The van der Waals surface area contributed by atoms with Gasteiger partial charge in [0.25, 0.3) is 5.56 Å². The molecule has 2 amide bonds. The van der Waals surface area contributed by atoms with Crippen LogP contribution >= 0.6 is 0 Å². The number of aromatic amines is 2. The number of rotatable bonds is 4. The number of imide groups is 1. The van der Waals surface area contributed by atoms with Crippen LogP contribution < -0.4 is 10.5 Å². The van der Waals surface area contributed by atoms with E-state index in [4.69, 9.17) is 0 Å². The Morgan fingerprint density at radius 3 is 2.52 bits per heavy atom. The zero-order valence-corrected chi connectivity index (χ0v) is 17.2. The summed E-state index contributed by atoms with van der Waals surface area (Å²) in [6.45, 7) is 3.77. The smallest absolute Gasteiger partial charge is 0.278 e. The molecule has 0 unspecified atom stereocenters. The summed E-state index contributed by atoms with van der Waals surface area (Å²) in [6, 6.07) is 14.8. The number of fused-ring (bicyclic) bond motifs is 1. The van der Waals surface area contributed by atoms with Gasteiger partial charge < -0.3 is 4.98 Å². The molecule has 0 spiro atoms. The number of imidazole rings is 1. The molecule has 1 aliphatic rings. The van der Waals surface area contributed by atoms with Crippen molar-refractivity contribution in [3.8, 4) is 5.95 Å². The lowest BCUT2D eigenvalue weighted by Gasteiger charge is -2.15. The molecular weight excluding hydrogens is 394 g/mol. The van der Waals surface area contributed by atoms with Gasteiger partial charge in [0, 0.05) is 12.1 Å². The topological polar surface area (TPSA) is 104 Å². The van der Waals surface area contributed by atoms with Crippen LogP contribution in [0.4, 0.5) is 5.69 Å². The van der Waals surface area contributed by atoms with E-state index in [-0.39, 0.29) is 23.8 Å². The first-order chi connectivity index (χ1) is 15.0. The number of nitrogens with zero attached hydrogens (tertiary/aromatic N) is 3. The molecule has 1 fully saturated rings. The lowest BCUT2D eigenvalue weighted by Crippen LogP contribution is -2.31. The predicted molar refractivity (Wildman–Crippen MR) is 116 cm³/mol. The molecule has 1 aliphatic heterocycles. The summed E-state index contributed by atoms with van der Waals surface area (Å²) >= 11 is 0. The van der Waals surface area contributed by atoms with E-state index in [1.165, 1.54) is 9.58 Å². The number of carbonyl (C=O) groups excluding carboxylic acids is 2. The summed E-state index contributed by atoms with van der Waals surface area (Å²) in [5, 5.41) is 3.00. The Kier molecular flexibility index (Phi) is 4.35. The Morgan fingerprint density at radius 1 is 1.06 bits per heavy atom. The Morgan fingerprint density at radius 2 is 1.81 bits per heavy atom. The van der Waals surface area contributed by atoms with Gasteiger partial charge in [-0.2, -0.15) is 4.68 Å². The van der Waals surface area contributed by atoms with Crippen LogP contribution in [-0.4, -0.2) is 31.6 Å². The van der Waals surface area contributed by atoms with Gasteiger partial charge in [0.1, 0.15) is 0 Å². The van der Waals surface area contributed by atoms with Gasteiger partial charge in [0.15, 0.2) is 0 Å². The van der Waals surface area contributed by atoms with Gasteiger partial charge in [0.05, 0.1) is 28.2 Å². The molecule has 31 heavy (non-hydrogen) atoms. The highest BCUT2D eigenvalue weighted by molar-refractivity contribution is 6.22. The number of para-hydroxylation sites is 2. The third-order valence-corrected chi connectivity index (χ3v) is 5.80. The molecule has 1 saturated heterocycles. The van der Waals surface area contributed by atoms with Gasteiger partial charge in [-0.3, -0.25) is 24.4 Å². The van der Waals surface area contributed by atoms with Crippen molar-refractivity contribution >= 4 is 28.5 Å². The van der Waals surface area contributed by atoms with Crippen molar-refractivity contribution in [1.82, 2.24) is 19.7 Å². The van der Waals surface area contributed by atoms with Crippen LogP contribution in [0.2, 0.25) is 0 Å². The van der Waals surface area contributed by atoms with Gasteiger partial charge in [-0.15, -0.1) is 0 Å². The van der Waals surface area contributed by atoms with Crippen molar-refractivity contribution < 1.29 is 9.59 Å². The van der Waals surface area contributed by atoms with Crippen molar-refractivity contribution in [3.05, 3.63) is 75.7 Å². The molecule has 5 rings (SSSR count). The molecule has 3 heterocycles. The number of aromatic nitrogens is 4. The number of carbonyl (C=O) groups is 2. The van der Waals surface area contributed by atoms with Crippen LogP contribution in [-0.2, 0) is 16.0 Å². The molecule has 0 bridgehead atoms. The van der Waals surface area contributed by atoms with Gasteiger partial charge >= 0.3 is 0 Å². The Hall–Kier alpha value is -3.94. The highest BCUT2D eigenvalue weighted by atomic mass is 16.2. The van der Waals surface area contributed by atoms with Gasteiger partial charge in [-0.25, -0.2) is 4.98 Å². The van der Waals surface area contributed by atoms with Crippen LogP contribution in [0.5, 0.6) is 0 Å². The van der Waals surface area contributed by atoms with Crippen molar-refractivity contribution in [2.24, 2.45) is 0 Å². The van der Waals surface area contributed by atoms with E-state index in [0.717, 1.165) is 23.0 Å². The lowest BCUT2D eigenvalue weighted by molar-refractivity contribution is -0.121. The first-order valence-electron chi connectivity index (χ1n) is 10.2. The Labute approximate surface area is 177 Å². The van der Waals surface area contributed by atoms with Crippen LogP contribution in [0.3, 0.4) is 0 Å². The fourth-order valence-electron chi connectivity index (χ4n) is 4.17. The fraction of sp³-hybridized carbons (Fsp3) is 0.217. The number of benzene rings is 2. The number of aryl methyl sites for hydroxylation is 2. The Balaban J connectivity index is 1.52. The maximum Gasteiger partial charge on any atom is 0.278 e. The number of H-pyrrole nitrogens is 2. The highest BCUT2D eigenvalue weighted by Crippen LogP contribution is 2.33. The molecular formula is C23H21N5O3. The van der Waals surface area contributed by atoms with E-state index in [1.807, 2.05) is 43.3 Å². The second-order valence-electron chi connectivity index (χ2n) is 7.71. The molecule has 2 aromatic carbocycles. The minimum absolute atomic E-state index is 0.0393. The third-order valence-electron chi connectivity index (χ3n) is 5.80. The average Bonchev–Trinajstić information content (AvgIpc) is 3.41. The van der Waals surface area contributed by atoms with Gasteiger partial charge in [0.2, 0.25) is 17.8 Å². The quantitative estimate of drug-likeness (QED) is 0.500. The number of nitrogens with one attached hydrogen (secondary N) is 2. The molecule has 2 N–H and O–H groups in total. The van der Waals surface area contributed by atoms with Crippen LogP contribution in [0.15, 0.2) is 53.3 Å². The lowest BCUT2D eigenvalue weighted by atomic mass is 9.98. The predicted octanol–water partition coefficient (Wildman–Crippen LogP) is 2.96. The van der Waals surface area contributed by atoms with E-state index in [0.29, 0.717) is 22.9 Å². The van der Waals surface area contributed by atoms with E-state index in [1.54, 1.807) is 19.1 Å². The van der Waals surface area contributed by atoms with Crippen molar-refractivity contribution in [1.29, 1.82) is 0 Å². The number of anilines is 1. The standard InChI is InChI=1S/C23H21N5O3/c1-3-14-8-10-15(11-9-14)27-19(29)12-16(21(27)30)20-13(2)26-28(22(20)31)23-24-17-6-4-5-7-18(17)25-23/h4-11,16,26H,3,12H2,1-2H3,(H,24,25)/t16-/m0/s1. The second kappa shape index (κ2) is 7.09. The van der Waals surface area contributed by atoms with E-state index < -0.39 is 5.92 Å². The summed E-state index contributed by atoms with van der Waals surface area (Å²) in [4.78, 5) is 47.9. The van der Waals surface area contributed by atoms with Crippen molar-refractivity contribution in [3.63, 3.8) is 0 Å². The van der Waals surface area contributed by atoms with Crippen molar-refractivity contribution in [2.75, 3.05) is 4.90 Å². The summed E-state index contributed by atoms with van der Waals surface area (Å²) in [7, 11) is 0. The van der Waals surface area contributed by atoms with Gasteiger partial charge in [-0.1, -0.05) is 31.2 Å². The molecule has 0 aliphatic carbocycles. The maximum atomic E-state index is 13.2. The number of amides is 2. The molecule has 8 heteroatoms. The van der Waals surface area contributed by atoms with E-state index in [2.05, 4.69) is 15.1 Å². The maximum absolute atomic E-state index is 13.2. The molecule has 0 radical (unpaired) electrons. The van der Waals surface area contributed by atoms with Crippen LogP contribution in [0.1, 0.15) is 36.1 Å². The minimum atomic E-state index is -0.826. The summed E-state index contributed by atoms with van der Waals surface area (Å²) in [5.41, 5.74) is 3.63. The Bertz CT molecular complexity index is 1340. The van der Waals surface area contributed by atoms with E-state index >= 15 is 0 Å². The van der Waals surface area contributed by atoms with Gasteiger partial charge in [-0.05, 0) is 43.2 Å². The number of hydrogen-bond acceptors (Lipinski definition) is 4. The first-order valence-corrected chi connectivity index (χ1v) is 10.2. The largest absolute Gasteiger partial charge is 0.322 e. The number of hydrogen-bond donors (Lipinski definition) is 2. The zero-order valence-electron chi connectivity index (χ0n) is 17.2. The normalized spacial score (nSPS) is 16.6. The van der Waals surface area contributed by atoms with Crippen LogP contribution in [0.25, 0.3) is 17.0 Å². The SMILES string of the molecule is CCc1ccc(N2C(=O)C[C@@H](c3c(C)[nH]n(-c4nc5ccccc5[nH]4)c3=O)C2=O)cc1. The average molecular weight is 415 g/mol. The monoisotopic (exact) mass is 415 g/mol. The molecule has 156 valence electrons. The molecule has 2 aromatic heterocycles. The summed E-state index contributed by atoms with van der Waals surface area (Å²) in [6.07, 6.45) is 0.830.